The van der Waals surface area contributed by atoms with Gasteiger partial charge in [0.1, 0.15) is 12.4 Å². The van der Waals surface area contributed by atoms with Crippen molar-refractivity contribution in [1.29, 1.82) is 0 Å². The quantitative estimate of drug-likeness (QED) is 0.760. The summed E-state index contributed by atoms with van der Waals surface area (Å²) >= 11 is 0. The molecule has 1 N–H and O–H groups in total. The van der Waals surface area contributed by atoms with Crippen molar-refractivity contribution < 1.29 is 23.5 Å². The molecule has 132 valence electrons. The number of morpholine rings is 1. The molecule has 2 amide bonds. The van der Waals surface area contributed by atoms with Crippen LogP contribution in [0.5, 0.6) is 0 Å². The number of carbonyl (C=O) groups is 2. The van der Waals surface area contributed by atoms with Crippen LogP contribution in [-0.2, 0) is 19.1 Å². The zero-order valence-electron chi connectivity index (χ0n) is 14.0. The Hall–Kier alpha value is -1.99. The van der Waals surface area contributed by atoms with E-state index in [0.717, 1.165) is 0 Å². The lowest BCUT2D eigenvalue weighted by Gasteiger charge is -2.38. The van der Waals surface area contributed by atoms with Crippen LogP contribution in [-0.4, -0.2) is 56.2 Å². The Bertz CT molecular complexity index is 581. The number of benzene rings is 1. The molecular formula is C17H23FN2O4. The maximum absolute atomic E-state index is 14.2. The van der Waals surface area contributed by atoms with Crippen LogP contribution in [0.15, 0.2) is 24.3 Å². The highest BCUT2D eigenvalue weighted by molar-refractivity contribution is 5.86. The lowest BCUT2D eigenvalue weighted by atomic mass is 9.97. The first-order chi connectivity index (χ1) is 11.6. The molecule has 2 rings (SSSR count). The van der Waals surface area contributed by atoms with Gasteiger partial charge in [0.15, 0.2) is 6.10 Å². The maximum atomic E-state index is 14.2. The van der Waals surface area contributed by atoms with E-state index in [1.165, 1.54) is 11.0 Å². The van der Waals surface area contributed by atoms with Crippen molar-refractivity contribution in [1.82, 2.24) is 10.2 Å². The highest BCUT2D eigenvalue weighted by atomic mass is 19.1. The van der Waals surface area contributed by atoms with Gasteiger partial charge in [-0.2, -0.15) is 0 Å². The Balaban J connectivity index is 2.09. The van der Waals surface area contributed by atoms with Gasteiger partial charge in [0.25, 0.3) is 5.91 Å². The summed E-state index contributed by atoms with van der Waals surface area (Å²) in [5, 5.41) is 2.76. The van der Waals surface area contributed by atoms with Crippen LogP contribution in [0.25, 0.3) is 0 Å². The summed E-state index contributed by atoms with van der Waals surface area (Å²) in [4.78, 5) is 25.7. The summed E-state index contributed by atoms with van der Waals surface area (Å²) in [6.45, 7) is 3.32. The molecule has 0 aliphatic carbocycles. The maximum Gasteiger partial charge on any atom is 0.251 e. The van der Waals surface area contributed by atoms with Gasteiger partial charge in [0.2, 0.25) is 5.91 Å². The van der Waals surface area contributed by atoms with Crippen LogP contribution in [0.1, 0.15) is 24.9 Å². The van der Waals surface area contributed by atoms with Crippen LogP contribution in [0, 0.1) is 5.82 Å². The summed E-state index contributed by atoms with van der Waals surface area (Å²) < 4.78 is 24.8. The second kappa shape index (κ2) is 8.75. The van der Waals surface area contributed by atoms with E-state index in [0.29, 0.717) is 26.2 Å². The van der Waals surface area contributed by atoms with Gasteiger partial charge in [-0.3, -0.25) is 9.59 Å². The van der Waals surface area contributed by atoms with Gasteiger partial charge >= 0.3 is 0 Å². The second-order valence-electron chi connectivity index (χ2n) is 5.54. The number of hydrogen-bond donors (Lipinski definition) is 1. The van der Waals surface area contributed by atoms with Crippen molar-refractivity contribution >= 4 is 11.8 Å². The van der Waals surface area contributed by atoms with Gasteiger partial charge in [-0.25, -0.2) is 4.39 Å². The number of likely N-dealkylation sites (N-methyl/N-ethyl adjacent to an activating group) is 1. The third-order valence-electron chi connectivity index (χ3n) is 3.93. The molecule has 0 spiro atoms. The van der Waals surface area contributed by atoms with Crippen LogP contribution in [0.3, 0.4) is 0 Å². The van der Waals surface area contributed by atoms with Crippen LogP contribution < -0.4 is 5.32 Å². The van der Waals surface area contributed by atoms with E-state index in [4.69, 9.17) is 9.47 Å². The zero-order valence-corrected chi connectivity index (χ0v) is 14.0. The number of halogens is 1. The molecule has 0 aromatic heterocycles. The van der Waals surface area contributed by atoms with E-state index in [1.807, 2.05) is 6.92 Å². The molecule has 0 saturated carbocycles. The van der Waals surface area contributed by atoms with E-state index in [2.05, 4.69) is 5.32 Å². The predicted octanol–water partition coefficient (Wildman–Crippen LogP) is 1.27. The smallest absolute Gasteiger partial charge is 0.251 e. The second-order valence-corrected chi connectivity index (χ2v) is 5.54. The summed E-state index contributed by atoms with van der Waals surface area (Å²) in [5.41, 5.74) is 0.266. The number of nitrogens with one attached hydrogen (secondary N) is 1. The van der Waals surface area contributed by atoms with E-state index in [1.54, 1.807) is 25.2 Å². The molecule has 1 fully saturated rings. The Morgan fingerprint density at radius 1 is 1.46 bits per heavy atom. The minimum atomic E-state index is -0.948. The molecule has 1 heterocycles. The molecule has 1 aromatic rings. The van der Waals surface area contributed by atoms with Crippen LogP contribution >= 0.6 is 0 Å². The monoisotopic (exact) mass is 338 g/mol. The molecule has 1 aromatic carbocycles. The lowest BCUT2D eigenvalue weighted by Crippen LogP contribution is -2.53. The third kappa shape index (κ3) is 4.30. The van der Waals surface area contributed by atoms with Crippen molar-refractivity contribution in [2.75, 3.05) is 33.4 Å². The number of hydrogen-bond acceptors (Lipinski definition) is 4. The van der Waals surface area contributed by atoms with Gasteiger partial charge in [0, 0.05) is 32.4 Å². The Kier molecular flexibility index (Phi) is 6.69. The highest BCUT2D eigenvalue weighted by Gasteiger charge is 2.41. The summed E-state index contributed by atoms with van der Waals surface area (Å²) in [6, 6.07) is 5.31. The average molecular weight is 338 g/mol. The van der Waals surface area contributed by atoms with Gasteiger partial charge < -0.3 is 19.7 Å². The number of carbonyl (C=O) groups excluding carboxylic acids is 2. The number of ether oxygens (including phenoxy) is 2. The molecule has 6 nitrogen and oxygen atoms in total. The fraction of sp³-hybridized carbons (Fsp3) is 0.529. The Morgan fingerprint density at radius 2 is 2.21 bits per heavy atom. The molecule has 2 atom stereocenters. The summed E-state index contributed by atoms with van der Waals surface area (Å²) in [5.74, 6) is -1.12. The fourth-order valence-electron chi connectivity index (χ4n) is 2.65. The van der Waals surface area contributed by atoms with Crippen molar-refractivity contribution in [3.8, 4) is 0 Å². The Labute approximate surface area is 140 Å². The standard InChI is InChI=1S/C17H23FN2O4/c1-3-23-10-6-9-19-17(22)16-15(20(2)14(21)11-24-16)12-7-4-5-8-13(12)18/h4-5,7-8,15-16H,3,6,9-11H2,1-2H3,(H,19,22)/t15-,16+/m0/s1. The summed E-state index contributed by atoms with van der Waals surface area (Å²) in [7, 11) is 1.55. The molecule has 0 bridgehead atoms. The molecule has 0 unspecified atom stereocenters. The Morgan fingerprint density at radius 3 is 2.92 bits per heavy atom. The molecule has 7 heteroatoms. The third-order valence-corrected chi connectivity index (χ3v) is 3.93. The molecule has 24 heavy (non-hydrogen) atoms. The number of rotatable bonds is 7. The SMILES string of the molecule is CCOCCCNC(=O)[C@@H]1OCC(=O)N(C)[C@H]1c1ccccc1F. The lowest BCUT2D eigenvalue weighted by molar-refractivity contribution is -0.162. The predicted molar refractivity (Wildman–Crippen MR) is 85.8 cm³/mol. The first kappa shape index (κ1) is 18.4. The molecule has 1 aliphatic heterocycles. The summed E-state index contributed by atoms with van der Waals surface area (Å²) in [6.07, 6.45) is -0.275. The average Bonchev–Trinajstić information content (AvgIpc) is 2.57. The normalized spacial score (nSPS) is 21.0. The van der Waals surface area contributed by atoms with Crippen molar-refractivity contribution in [3.05, 3.63) is 35.6 Å². The minimum Gasteiger partial charge on any atom is -0.382 e. The van der Waals surface area contributed by atoms with Gasteiger partial charge in [0.05, 0.1) is 6.04 Å². The topological polar surface area (TPSA) is 67.9 Å². The van der Waals surface area contributed by atoms with Crippen molar-refractivity contribution in [2.45, 2.75) is 25.5 Å². The number of nitrogens with zero attached hydrogens (tertiary/aromatic N) is 1. The first-order valence-electron chi connectivity index (χ1n) is 8.03. The fourth-order valence-corrected chi connectivity index (χ4v) is 2.65. The van der Waals surface area contributed by atoms with E-state index in [-0.39, 0.29) is 24.0 Å². The van der Waals surface area contributed by atoms with E-state index in [9.17, 15) is 14.0 Å². The minimum absolute atomic E-state index is 0.196. The zero-order chi connectivity index (χ0) is 17.5. The molecule has 0 radical (unpaired) electrons. The molecule has 1 aliphatic rings. The van der Waals surface area contributed by atoms with Gasteiger partial charge in [-0.05, 0) is 19.4 Å². The van der Waals surface area contributed by atoms with E-state index < -0.39 is 18.0 Å². The van der Waals surface area contributed by atoms with Crippen LogP contribution in [0.4, 0.5) is 4.39 Å². The highest BCUT2D eigenvalue weighted by Crippen LogP contribution is 2.30. The van der Waals surface area contributed by atoms with Crippen molar-refractivity contribution in [2.24, 2.45) is 0 Å². The molecule has 1 saturated heterocycles. The van der Waals surface area contributed by atoms with Gasteiger partial charge in [-0.15, -0.1) is 0 Å². The molecular weight excluding hydrogens is 315 g/mol. The van der Waals surface area contributed by atoms with E-state index >= 15 is 0 Å². The largest absolute Gasteiger partial charge is 0.382 e. The van der Waals surface area contributed by atoms with Crippen LogP contribution in [0.2, 0.25) is 0 Å². The first-order valence-corrected chi connectivity index (χ1v) is 8.03. The van der Waals surface area contributed by atoms with Crippen molar-refractivity contribution in [3.63, 3.8) is 0 Å². The van der Waals surface area contributed by atoms with Gasteiger partial charge in [-0.1, -0.05) is 18.2 Å². The number of amides is 2.